The average molecular weight is 397 g/mol. The van der Waals surface area contributed by atoms with Crippen LogP contribution in [0.1, 0.15) is 43.8 Å². The van der Waals surface area contributed by atoms with Crippen LogP contribution >= 0.6 is 11.8 Å². The molecule has 0 fully saturated rings. The van der Waals surface area contributed by atoms with Crippen LogP contribution in [-0.2, 0) is 17.8 Å². The highest BCUT2D eigenvalue weighted by atomic mass is 32.2. The molecule has 3 heterocycles. The van der Waals surface area contributed by atoms with Gasteiger partial charge in [-0.15, -0.1) is 10.2 Å². The summed E-state index contributed by atoms with van der Waals surface area (Å²) in [5, 5.41) is 9.44. The van der Waals surface area contributed by atoms with Crippen LogP contribution in [0.25, 0.3) is 0 Å². The van der Waals surface area contributed by atoms with Gasteiger partial charge in [0.25, 0.3) is 0 Å². The summed E-state index contributed by atoms with van der Waals surface area (Å²) in [5.41, 5.74) is 2.26. The molecular weight excluding hydrogens is 372 g/mol. The Morgan fingerprint density at radius 2 is 2.07 bits per heavy atom. The number of para-hydroxylation sites is 1. The van der Waals surface area contributed by atoms with Crippen molar-refractivity contribution < 1.29 is 9.21 Å². The van der Waals surface area contributed by atoms with Gasteiger partial charge in [-0.3, -0.25) is 9.36 Å². The van der Waals surface area contributed by atoms with Crippen LogP contribution in [0.3, 0.4) is 0 Å². The van der Waals surface area contributed by atoms with Crippen molar-refractivity contribution in [1.29, 1.82) is 0 Å². The number of carbonyl (C=O) groups excluding carboxylic acids is 1. The first-order chi connectivity index (χ1) is 13.5. The number of anilines is 1. The summed E-state index contributed by atoms with van der Waals surface area (Å²) in [5.74, 6) is 2.40. The first kappa shape index (κ1) is 18.8. The van der Waals surface area contributed by atoms with Crippen LogP contribution in [0.5, 0.6) is 0 Å². The van der Waals surface area contributed by atoms with Crippen molar-refractivity contribution in [2.45, 2.75) is 50.9 Å². The molecule has 2 aromatic heterocycles. The van der Waals surface area contributed by atoms with Crippen LogP contribution in [0.4, 0.5) is 5.69 Å². The van der Waals surface area contributed by atoms with Gasteiger partial charge in [0.05, 0.1) is 18.6 Å². The van der Waals surface area contributed by atoms with E-state index in [1.807, 2.05) is 39.8 Å². The quantitative estimate of drug-likeness (QED) is 0.587. The average Bonchev–Trinajstić information content (AvgIpc) is 3.38. The molecule has 0 aliphatic carbocycles. The molecule has 0 N–H and O–H groups in total. The highest BCUT2D eigenvalue weighted by Gasteiger charge is 2.30. The lowest BCUT2D eigenvalue weighted by molar-refractivity contribution is -0.116. The summed E-state index contributed by atoms with van der Waals surface area (Å²) < 4.78 is 7.54. The predicted octanol–water partition coefficient (Wildman–Crippen LogP) is 4.11. The Bertz CT molecular complexity index is 965. The molecular formula is C21H24N4O2S. The summed E-state index contributed by atoms with van der Waals surface area (Å²) >= 11 is 1.44. The molecule has 1 amide bonds. The van der Waals surface area contributed by atoms with Gasteiger partial charge in [0, 0.05) is 17.6 Å². The second kappa shape index (κ2) is 7.83. The minimum atomic E-state index is 0.0982. The smallest absolute Gasteiger partial charge is 0.237 e. The number of amides is 1. The molecule has 28 heavy (non-hydrogen) atoms. The summed E-state index contributed by atoms with van der Waals surface area (Å²) in [6.45, 7) is 6.84. The van der Waals surface area contributed by atoms with E-state index >= 15 is 0 Å². The van der Waals surface area contributed by atoms with E-state index in [1.165, 1.54) is 17.3 Å². The van der Waals surface area contributed by atoms with Crippen molar-refractivity contribution in [3.05, 3.63) is 59.8 Å². The van der Waals surface area contributed by atoms with E-state index in [9.17, 15) is 4.79 Å². The Kier molecular flexibility index (Phi) is 5.26. The minimum Gasteiger partial charge on any atom is -0.467 e. The first-order valence-electron chi connectivity index (χ1n) is 9.53. The molecule has 0 unspecified atom stereocenters. The lowest BCUT2D eigenvalue weighted by Gasteiger charge is -2.22. The van der Waals surface area contributed by atoms with Gasteiger partial charge in [-0.1, -0.05) is 43.8 Å². The van der Waals surface area contributed by atoms with E-state index in [4.69, 9.17) is 4.42 Å². The third-order valence-corrected chi connectivity index (χ3v) is 5.91. The summed E-state index contributed by atoms with van der Waals surface area (Å²) in [7, 11) is 0. The van der Waals surface area contributed by atoms with Crippen LogP contribution in [0.2, 0.25) is 0 Å². The molecule has 0 spiro atoms. The van der Waals surface area contributed by atoms with E-state index in [2.05, 4.69) is 37.0 Å². The number of furan rings is 1. The molecule has 1 aliphatic heterocycles. The fourth-order valence-electron chi connectivity index (χ4n) is 3.68. The zero-order valence-corrected chi connectivity index (χ0v) is 17.1. The molecule has 0 bridgehead atoms. The number of rotatable bonds is 6. The van der Waals surface area contributed by atoms with Gasteiger partial charge in [0.1, 0.15) is 11.6 Å². The number of hydrogen-bond donors (Lipinski definition) is 0. The maximum Gasteiger partial charge on any atom is 0.237 e. The number of fused-ring (bicyclic) bond motifs is 1. The van der Waals surface area contributed by atoms with Gasteiger partial charge in [-0.25, -0.2) is 0 Å². The topological polar surface area (TPSA) is 64.2 Å². The second-order valence-electron chi connectivity index (χ2n) is 7.40. The van der Waals surface area contributed by atoms with E-state index < -0.39 is 0 Å². The number of hydrogen-bond acceptors (Lipinski definition) is 5. The number of nitrogens with zero attached hydrogens (tertiary/aromatic N) is 4. The van der Waals surface area contributed by atoms with Crippen LogP contribution in [0.15, 0.2) is 52.2 Å². The van der Waals surface area contributed by atoms with E-state index in [0.29, 0.717) is 12.3 Å². The molecule has 0 saturated carbocycles. The zero-order chi connectivity index (χ0) is 19.7. The fourth-order valence-corrected chi connectivity index (χ4v) is 4.49. The second-order valence-corrected chi connectivity index (χ2v) is 8.34. The van der Waals surface area contributed by atoms with Crippen molar-refractivity contribution >= 4 is 23.4 Å². The van der Waals surface area contributed by atoms with Crippen molar-refractivity contribution in [2.24, 2.45) is 0 Å². The third kappa shape index (κ3) is 3.58. The van der Waals surface area contributed by atoms with Gasteiger partial charge >= 0.3 is 0 Å². The molecule has 0 radical (unpaired) electrons. The SMILES string of the molecule is CC(C)c1nnc(SCC(=O)N2c3ccccc3C[C@H]2C)n1Cc1ccco1. The number of thioether (sulfide) groups is 1. The Morgan fingerprint density at radius 3 is 2.82 bits per heavy atom. The predicted molar refractivity (Wildman–Crippen MR) is 110 cm³/mol. The molecule has 1 aromatic carbocycles. The lowest BCUT2D eigenvalue weighted by Crippen LogP contribution is -2.37. The van der Waals surface area contributed by atoms with Crippen molar-refractivity contribution in [3.8, 4) is 0 Å². The van der Waals surface area contributed by atoms with E-state index in [0.717, 1.165) is 28.8 Å². The van der Waals surface area contributed by atoms with Gasteiger partial charge in [0.15, 0.2) is 5.16 Å². The van der Waals surface area contributed by atoms with Gasteiger partial charge in [-0.05, 0) is 37.1 Å². The summed E-state index contributed by atoms with van der Waals surface area (Å²) in [4.78, 5) is 14.9. The Balaban J connectivity index is 1.51. The van der Waals surface area contributed by atoms with Crippen LogP contribution < -0.4 is 4.90 Å². The monoisotopic (exact) mass is 396 g/mol. The molecule has 6 nitrogen and oxygen atoms in total. The molecule has 4 rings (SSSR count). The van der Waals surface area contributed by atoms with Crippen LogP contribution in [-0.4, -0.2) is 32.5 Å². The fraction of sp³-hybridized carbons (Fsp3) is 0.381. The van der Waals surface area contributed by atoms with Crippen molar-refractivity contribution in [2.75, 3.05) is 10.7 Å². The van der Waals surface area contributed by atoms with E-state index in [-0.39, 0.29) is 17.9 Å². The van der Waals surface area contributed by atoms with Crippen molar-refractivity contribution in [3.63, 3.8) is 0 Å². The third-order valence-electron chi connectivity index (χ3n) is 4.96. The molecule has 3 aromatic rings. The maximum absolute atomic E-state index is 13.0. The van der Waals surface area contributed by atoms with E-state index in [1.54, 1.807) is 6.26 Å². The normalized spacial score (nSPS) is 16.0. The van der Waals surface area contributed by atoms with Crippen LogP contribution in [0, 0.1) is 0 Å². The number of benzene rings is 1. The lowest BCUT2D eigenvalue weighted by atomic mass is 10.1. The minimum absolute atomic E-state index is 0.0982. The Labute approximate surface area is 168 Å². The highest BCUT2D eigenvalue weighted by Crippen LogP contribution is 2.33. The summed E-state index contributed by atoms with van der Waals surface area (Å²) in [6, 6.07) is 12.1. The zero-order valence-electron chi connectivity index (χ0n) is 16.3. The molecule has 146 valence electrons. The molecule has 0 saturated heterocycles. The first-order valence-corrected chi connectivity index (χ1v) is 10.5. The maximum atomic E-state index is 13.0. The number of carbonyl (C=O) groups is 1. The Morgan fingerprint density at radius 1 is 1.25 bits per heavy atom. The molecule has 7 heteroatoms. The van der Waals surface area contributed by atoms with Gasteiger partial charge in [0.2, 0.25) is 5.91 Å². The van der Waals surface area contributed by atoms with Gasteiger partial charge < -0.3 is 9.32 Å². The Hall–Kier alpha value is -2.54. The highest BCUT2D eigenvalue weighted by molar-refractivity contribution is 7.99. The largest absolute Gasteiger partial charge is 0.467 e. The van der Waals surface area contributed by atoms with Gasteiger partial charge in [-0.2, -0.15) is 0 Å². The summed E-state index contributed by atoms with van der Waals surface area (Å²) in [6.07, 6.45) is 2.57. The molecule has 1 aliphatic rings. The number of aromatic nitrogens is 3. The van der Waals surface area contributed by atoms with Crippen molar-refractivity contribution in [1.82, 2.24) is 14.8 Å². The standard InChI is InChI=1S/C21H24N4O2S/c1-14(2)20-22-23-21(24(20)12-17-8-6-10-27-17)28-13-19(26)25-15(3)11-16-7-4-5-9-18(16)25/h4-10,14-15H,11-13H2,1-3H3/t15-/m1/s1. The molecule has 1 atom stereocenters.